The maximum absolute atomic E-state index is 14.1. The molecule has 8 nitrogen and oxygen atoms in total. The molecule has 170 valence electrons. The second-order valence-electron chi connectivity index (χ2n) is 8.56. The Kier molecular flexibility index (Phi) is 6.70. The number of hydrogen-bond donors (Lipinski definition) is 2. The molecule has 0 saturated carbocycles. The van der Waals surface area contributed by atoms with E-state index >= 15 is 0 Å². The number of sulfonamides is 1. The average molecular weight is 452 g/mol. The van der Waals surface area contributed by atoms with Crippen LogP contribution in [0.15, 0.2) is 23.2 Å². The van der Waals surface area contributed by atoms with Gasteiger partial charge in [-0.25, -0.2) is 13.9 Å². The molecule has 0 radical (unpaired) electrons. The molecule has 1 aliphatic rings. The van der Waals surface area contributed by atoms with Crippen LogP contribution in [0.25, 0.3) is 0 Å². The molecular formula is C21H30FN5O3S. The molecule has 0 atom stereocenters. The molecule has 0 aliphatic carbocycles. The zero-order valence-corrected chi connectivity index (χ0v) is 19.4. The fourth-order valence-corrected chi connectivity index (χ4v) is 4.46. The smallest absolute Gasteiger partial charge is 0.307 e. The van der Waals surface area contributed by atoms with Gasteiger partial charge in [-0.3, -0.25) is 9.58 Å². The molecular weight excluding hydrogens is 421 g/mol. The maximum atomic E-state index is 14.1. The van der Waals surface area contributed by atoms with Crippen molar-refractivity contribution < 1.29 is 17.6 Å². The van der Waals surface area contributed by atoms with E-state index in [2.05, 4.69) is 15.3 Å². The summed E-state index contributed by atoms with van der Waals surface area (Å²) < 4.78 is 43.1. The summed E-state index contributed by atoms with van der Waals surface area (Å²) in [4.78, 5) is 14.8. The van der Waals surface area contributed by atoms with Gasteiger partial charge in [-0.15, -0.1) is 0 Å². The first-order valence-corrected chi connectivity index (χ1v) is 11.9. The predicted molar refractivity (Wildman–Crippen MR) is 117 cm³/mol. The number of aromatic nitrogens is 2. The quantitative estimate of drug-likeness (QED) is 0.671. The first-order valence-electron chi connectivity index (χ1n) is 10.4. The number of carbonyl (C=O) groups excluding carboxylic acids is 1. The van der Waals surface area contributed by atoms with Crippen LogP contribution in [-0.4, -0.2) is 42.2 Å². The number of hydrogen-bond acceptors (Lipinski definition) is 5. The molecule has 2 N–H and O–H groups in total. The fourth-order valence-electron chi connectivity index (χ4n) is 3.54. The Balaban J connectivity index is 1.81. The van der Waals surface area contributed by atoms with Crippen molar-refractivity contribution in [1.29, 1.82) is 0 Å². The van der Waals surface area contributed by atoms with Crippen molar-refractivity contribution in [2.75, 3.05) is 18.4 Å². The summed E-state index contributed by atoms with van der Waals surface area (Å²) in [5.74, 6) is -0.533. The van der Waals surface area contributed by atoms with Crippen molar-refractivity contribution in [3.63, 3.8) is 0 Å². The van der Waals surface area contributed by atoms with Gasteiger partial charge >= 0.3 is 6.03 Å². The maximum Gasteiger partial charge on any atom is 0.333 e. The predicted octanol–water partition coefficient (Wildman–Crippen LogP) is 3.52. The average Bonchev–Trinajstić information content (AvgIpc) is 3.00. The molecule has 0 spiro atoms. The number of carbonyl (C=O) groups is 1. The van der Waals surface area contributed by atoms with E-state index in [-0.39, 0.29) is 16.9 Å². The number of amides is 2. The van der Waals surface area contributed by atoms with E-state index < -0.39 is 21.9 Å². The summed E-state index contributed by atoms with van der Waals surface area (Å²) in [7, 11) is -2.49. The standard InChI is InChI=1S/C21H30FN5O3S/c1-13(2)17-9-15(22)10-18(14(3)4)20(17)23-21(28)25-31(29,30)19-11-16(26(5)24-19)12-27-7-6-8-27/h9-11,13-14H,6-8,12H2,1-5H3,(H2,23,25,28). The van der Waals surface area contributed by atoms with E-state index in [4.69, 9.17) is 0 Å². The van der Waals surface area contributed by atoms with Crippen molar-refractivity contribution in [1.82, 2.24) is 19.4 Å². The number of rotatable bonds is 7. The molecule has 1 aromatic heterocycles. The fraction of sp³-hybridized carbons (Fsp3) is 0.524. The topological polar surface area (TPSA) is 96.3 Å². The normalized spacial score (nSPS) is 14.7. The molecule has 2 heterocycles. The summed E-state index contributed by atoms with van der Waals surface area (Å²) in [6.45, 7) is 10.1. The number of anilines is 1. The lowest BCUT2D eigenvalue weighted by atomic mass is 9.92. The van der Waals surface area contributed by atoms with Gasteiger partial charge in [0.2, 0.25) is 0 Å². The highest BCUT2D eigenvalue weighted by atomic mass is 32.2. The second kappa shape index (κ2) is 8.96. The summed E-state index contributed by atoms with van der Waals surface area (Å²) in [6, 6.07) is 3.29. The number of nitrogens with zero attached hydrogens (tertiary/aromatic N) is 3. The van der Waals surface area contributed by atoms with Crippen molar-refractivity contribution in [3.05, 3.63) is 40.8 Å². The minimum Gasteiger partial charge on any atom is -0.307 e. The Morgan fingerprint density at radius 1 is 1.13 bits per heavy atom. The van der Waals surface area contributed by atoms with Crippen LogP contribution in [0.5, 0.6) is 0 Å². The van der Waals surface area contributed by atoms with E-state index in [1.165, 1.54) is 22.9 Å². The zero-order valence-electron chi connectivity index (χ0n) is 18.6. The number of aryl methyl sites for hydroxylation is 1. The van der Waals surface area contributed by atoms with Gasteiger partial charge in [-0.05, 0) is 54.6 Å². The summed E-state index contributed by atoms with van der Waals surface area (Å²) in [5, 5.41) is 6.48. The third-order valence-corrected chi connectivity index (χ3v) is 6.64. The number of urea groups is 1. The molecule has 3 rings (SSSR count). The lowest BCUT2D eigenvalue weighted by Gasteiger charge is -2.30. The first kappa shape index (κ1) is 23.2. The largest absolute Gasteiger partial charge is 0.333 e. The minimum atomic E-state index is -4.17. The van der Waals surface area contributed by atoms with Crippen LogP contribution < -0.4 is 10.0 Å². The highest BCUT2D eigenvalue weighted by molar-refractivity contribution is 7.90. The SMILES string of the molecule is CC(C)c1cc(F)cc(C(C)C)c1NC(=O)NS(=O)(=O)c1cc(CN2CCC2)n(C)n1. The van der Waals surface area contributed by atoms with E-state index in [1.807, 2.05) is 32.4 Å². The van der Waals surface area contributed by atoms with Gasteiger partial charge in [0.25, 0.3) is 10.0 Å². The van der Waals surface area contributed by atoms with Gasteiger partial charge in [0.1, 0.15) is 5.82 Å². The molecule has 1 aromatic carbocycles. The number of likely N-dealkylation sites (tertiary alicyclic amines) is 1. The molecule has 2 aromatic rings. The van der Waals surface area contributed by atoms with Gasteiger partial charge in [0.15, 0.2) is 5.03 Å². The molecule has 0 unspecified atom stereocenters. The van der Waals surface area contributed by atoms with Crippen molar-refractivity contribution >= 4 is 21.7 Å². The van der Waals surface area contributed by atoms with Crippen LogP contribution in [0, 0.1) is 5.82 Å². The lowest BCUT2D eigenvalue weighted by Crippen LogP contribution is -2.36. The van der Waals surface area contributed by atoms with Gasteiger partial charge in [-0.1, -0.05) is 27.7 Å². The van der Waals surface area contributed by atoms with Crippen molar-refractivity contribution in [2.24, 2.45) is 7.05 Å². The van der Waals surface area contributed by atoms with E-state index in [0.717, 1.165) is 25.2 Å². The summed E-state index contributed by atoms with van der Waals surface area (Å²) in [6.07, 6.45) is 1.13. The minimum absolute atomic E-state index is 0.0695. The van der Waals surface area contributed by atoms with Gasteiger partial charge in [0, 0.05) is 25.3 Å². The molecule has 2 amide bonds. The van der Waals surface area contributed by atoms with Crippen LogP contribution in [0.4, 0.5) is 14.9 Å². The van der Waals surface area contributed by atoms with E-state index in [0.29, 0.717) is 23.4 Å². The lowest BCUT2D eigenvalue weighted by molar-refractivity contribution is 0.168. The Hall–Kier alpha value is -2.46. The van der Waals surface area contributed by atoms with Gasteiger partial charge < -0.3 is 5.32 Å². The number of nitrogens with one attached hydrogen (secondary N) is 2. The molecule has 1 aliphatic heterocycles. The van der Waals surface area contributed by atoms with Crippen molar-refractivity contribution in [3.8, 4) is 0 Å². The van der Waals surface area contributed by atoms with Crippen molar-refractivity contribution in [2.45, 2.75) is 57.5 Å². The number of benzene rings is 1. The monoisotopic (exact) mass is 451 g/mol. The molecule has 10 heteroatoms. The third kappa shape index (κ3) is 5.24. The van der Waals surface area contributed by atoms with E-state index in [9.17, 15) is 17.6 Å². The molecule has 1 fully saturated rings. The summed E-state index contributed by atoms with van der Waals surface area (Å²) >= 11 is 0. The first-order chi connectivity index (χ1) is 14.5. The molecule has 1 saturated heterocycles. The van der Waals surface area contributed by atoms with Gasteiger partial charge in [-0.2, -0.15) is 13.5 Å². The van der Waals surface area contributed by atoms with Crippen LogP contribution in [0.2, 0.25) is 0 Å². The highest BCUT2D eigenvalue weighted by Crippen LogP contribution is 2.33. The Morgan fingerprint density at radius 2 is 1.71 bits per heavy atom. The van der Waals surface area contributed by atoms with Gasteiger partial charge in [0.05, 0.1) is 5.69 Å². The summed E-state index contributed by atoms with van der Waals surface area (Å²) in [5.41, 5.74) is 2.39. The number of halogens is 1. The Bertz CT molecular complexity index is 1050. The van der Waals surface area contributed by atoms with Crippen LogP contribution in [0.1, 0.15) is 62.8 Å². The Morgan fingerprint density at radius 3 is 2.19 bits per heavy atom. The zero-order chi connectivity index (χ0) is 22.9. The van der Waals surface area contributed by atoms with Crippen LogP contribution in [-0.2, 0) is 23.6 Å². The molecule has 31 heavy (non-hydrogen) atoms. The third-order valence-electron chi connectivity index (χ3n) is 5.44. The van der Waals surface area contributed by atoms with E-state index in [1.54, 1.807) is 7.05 Å². The second-order valence-corrected chi connectivity index (χ2v) is 10.2. The highest BCUT2D eigenvalue weighted by Gasteiger charge is 2.25. The van der Waals surface area contributed by atoms with Crippen LogP contribution >= 0.6 is 0 Å². The Labute approximate surface area is 182 Å². The van der Waals surface area contributed by atoms with Crippen LogP contribution in [0.3, 0.4) is 0 Å². The molecule has 0 bridgehead atoms.